The molecule has 4 atom stereocenters. The molecule has 1 fully saturated rings. The summed E-state index contributed by atoms with van der Waals surface area (Å²) < 4.78 is 5.85. The molecular weight excluding hydrogens is 270 g/mol. The Kier molecular flexibility index (Phi) is 1.86. The molecule has 0 saturated carbocycles. The van der Waals surface area contributed by atoms with E-state index >= 15 is 0 Å². The first-order valence-electron chi connectivity index (χ1n) is 7.29. The maximum atomic E-state index is 12.3. The number of carbonyl (C=O) groups excluding carboxylic acids is 1. The summed E-state index contributed by atoms with van der Waals surface area (Å²) in [5.41, 5.74) is -0.0209. The molecule has 21 heavy (non-hydrogen) atoms. The monoisotopic (exact) mass is 285 g/mol. The lowest BCUT2D eigenvalue weighted by molar-refractivity contribution is -0.139. The van der Waals surface area contributed by atoms with Crippen molar-refractivity contribution in [2.75, 3.05) is 6.54 Å². The first-order chi connectivity index (χ1) is 10.1. The second-order valence-corrected chi connectivity index (χ2v) is 6.44. The molecule has 1 aromatic carbocycles. The first-order valence-corrected chi connectivity index (χ1v) is 7.29. The third kappa shape index (κ3) is 1.05. The van der Waals surface area contributed by atoms with Gasteiger partial charge in [0, 0.05) is 11.6 Å². The number of rotatable bonds is 0. The van der Waals surface area contributed by atoms with Gasteiger partial charge in [0.05, 0.1) is 5.41 Å². The lowest BCUT2D eigenvalue weighted by Crippen LogP contribution is -2.74. The zero-order chi connectivity index (χ0) is 14.4. The number of phenolic OH excluding ortho intramolecular Hbond substituents is 1. The Morgan fingerprint density at radius 2 is 2.24 bits per heavy atom. The number of benzene rings is 1. The van der Waals surface area contributed by atoms with E-state index in [0.717, 1.165) is 17.7 Å². The second-order valence-electron chi connectivity index (χ2n) is 6.44. The molecule has 2 heterocycles. The quantitative estimate of drug-likeness (QED) is 0.634. The van der Waals surface area contributed by atoms with Crippen LogP contribution in [0.2, 0.25) is 0 Å². The first kappa shape index (κ1) is 11.8. The van der Waals surface area contributed by atoms with Crippen LogP contribution in [0.3, 0.4) is 0 Å². The van der Waals surface area contributed by atoms with E-state index in [1.165, 1.54) is 6.08 Å². The third-order valence-electron chi connectivity index (χ3n) is 5.69. The number of phenols is 1. The van der Waals surface area contributed by atoms with Gasteiger partial charge >= 0.3 is 0 Å². The van der Waals surface area contributed by atoms with Crippen LogP contribution in [-0.4, -0.2) is 40.3 Å². The normalized spacial score (nSPS) is 41.7. The molecule has 2 aliphatic carbocycles. The SMILES string of the molecule is O=C1C=C[C@@]2(O)[C@H]3Cc4ccc(O)c5c4C2(CCN3)C1O5. The molecule has 108 valence electrons. The number of hydrogen-bond donors (Lipinski definition) is 3. The highest BCUT2D eigenvalue weighted by molar-refractivity contribution is 5.99. The molecule has 1 aromatic rings. The maximum Gasteiger partial charge on any atom is 0.196 e. The van der Waals surface area contributed by atoms with Gasteiger partial charge in [-0.1, -0.05) is 6.07 Å². The van der Waals surface area contributed by atoms with Crippen molar-refractivity contribution in [2.24, 2.45) is 0 Å². The third-order valence-corrected chi connectivity index (χ3v) is 5.69. The number of aliphatic hydroxyl groups is 1. The van der Waals surface area contributed by atoms with Crippen LogP contribution in [0.15, 0.2) is 24.3 Å². The molecule has 5 heteroatoms. The summed E-state index contributed by atoms with van der Waals surface area (Å²) in [5, 5.41) is 24.8. The molecule has 4 aliphatic rings. The predicted molar refractivity (Wildman–Crippen MR) is 73.4 cm³/mol. The van der Waals surface area contributed by atoms with Crippen LogP contribution in [0.4, 0.5) is 0 Å². The molecule has 5 nitrogen and oxygen atoms in total. The summed E-state index contributed by atoms with van der Waals surface area (Å²) in [4.78, 5) is 12.3. The molecule has 0 aromatic heterocycles. The molecule has 1 saturated heterocycles. The standard InChI is InChI=1S/C16H15NO4/c18-9-2-1-8-7-11-16(20)4-3-10(19)14-15(16,5-6-17-11)12(8)13(9)21-14/h1-4,11,14,17-18,20H,5-7H2/t11-,14?,15?,16-/m1/s1. The number of carbonyl (C=O) groups is 1. The van der Waals surface area contributed by atoms with Crippen LogP contribution in [0.25, 0.3) is 0 Å². The van der Waals surface area contributed by atoms with E-state index in [9.17, 15) is 15.0 Å². The van der Waals surface area contributed by atoms with Crippen molar-refractivity contribution in [2.45, 2.75) is 36.0 Å². The Morgan fingerprint density at radius 1 is 1.38 bits per heavy atom. The number of aromatic hydroxyl groups is 1. The second kappa shape index (κ2) is 3.31. The lowest BCUT2D eigenvalue weighted by atomic mass is 9.51. The summed E-state index contributed by atoms with van der Waals surface area (Å²) in [6.07, 6.45) is 3.60. The van der Waals surface area contributed by atoms with Gasteiger partial charge in [-0.2, -0.15) is 0 Å². The number of nitrogens with one attached hydrogen (secondary N) is 1. The molecule has 2 aliphatic heterocycles. The predicted octanol–water partition coefficient (Wildman–Crippen LogP) is 0.179. The summed E-state index contributed by atoms with van der Waals surface area (Å²) in [7, 11) is 0. The molecule has 0 amide bonds. The van der Waals surface area contributed by atoms with Gasteiger partial charge in [-0.25, -0.2) is 0 Å². The molecule has 2 unspecified atom stereocenters. The largest absolute Gasteiger partial charge is 0.504 e. The zero-order valence-electron chi connectivity index (χ0n) is 11.3. The van der Waals surface area contributed by atoms with Gasteiger partial charge in [-0.15, -0.1) is 0 Å². The summed E-state index contributed by atoms with van der Waals surface area (Å²) in [5.74, 6) is 0.293. The summed E-state index contributed by atoms with van der Waals surface area (Å²) in [6, 6.07) is 3.36. The van der Waals surface area contributed by atoms with Crippen LogP contribution in [-0.2, 0) is 16.6 Å². The van der Waals surface area contributed by atoms with E-state index in [1.807, 2.05) is 6.07 Å². The van der Waals surface area contributed by atoms with Gasteiger partial charge in [-0.05, 0) is 43.2 Å². The molecule has 0 radical (unpaired) electrons. The zero-order valence-corrected chi connectivity index (χ0v) is 11.3. The lowest BCUT2D eigenvalue weighted by Gasteiger charge is -2.57. The number of piperidine rings is 1. The highest BCUT2D eigenvalue weighted by atomic mass is 16.5. The molecule has 1 spiro atoms. The van der Waals surface area contributed by atoms with Gasteiger partial charge in [0.25, 0.3) is 0 Å². The van der Waals surface area contributed by atoms with Crippen LogP contribution >= 0.6 is 0 Å². The fourth-order valence-electron chi connectivity index (χ4n) is 4.83. The van der Waals surface area contributed by atoms with Crippen molar-refractivity contribution >= 4 is 5.78 Å². The van der Waals surface area contributed by atoms with Gasteiger partial charge in [0.15, 0.2) is 23.4 Å². The van der Waals surface area contributed by atoms with E-state index in [2.05, 4.69) is 5.32 Å². The van der Waals surface area contributed by atoms with E-state index in [-0.39, 0.29) is 17.6 Å². The Labute approximate surface area is 121 Å². The Bertz CT molecular complexity index is 727. The molecule has 3 N–H and O–H groups in total. The van der Waals surface area contributed by atoms with Crippen molar-refractivity contribution in [3.05, 3.63) is 35.4 Å². The van der Waals surface area contributed by atoms with Gasteiger partial charge in [0.2, 0.25) is 0 Å². The molecule has 5 rings (SSSR count). The molecule has 2 bridgehead atoms. The number of hydrogen-bond acceptors (Lipinski definition) is 5. The smallest absolute Gasteiger partial charge is 0.196 e. The average molecular weight is 285 g/mol. The van der Waals surface area contributed by atoms with Crippen LogP contribution in [0.5, 0.6) is 11.5 Å². The maximum absolute atomic E-state index is 12.3. The minimum atomic E-state index is -1.14. The number of ketones is 1. The van der Waals surface area contributed by atoms with Crippen LogP contribution in [0, 0.1) is 0 Å². The van der Waals surface area contributed by atoms with Gasteiger partial charge < -0.3 is 20.3 Å². The Morgan fingerprint density at radius 3 is 3.10 bits per heavy atom. The van der Waals surface area contributed by atoms with E-state index < -0.39 is 17.1 Å². The molecular formula is C16H15NO4. The minimum Gasteiger partial charge on any atom is -0.504 e. The topological polar surface area (TPSA) is 78.8 Å². The highest BCUT2D eigenvalue weighted by Gasteiger charge is 2.70. The van der Waals surface area contributed by atoms with Gasteiger partial charge in [-0.3, -0.25) is 4.79 Å². The van der Waals surface area contributed by atoms with Gasteiger partial charge in [0.1, 0.15) is 5.60 Å². The summed E-state index contributed by atoms with van der Waals surface area (Å²) in [6.45, 7) is 0.725. The van der Waals surface area contributed by atoms with E-state index in [0.29, 0.717) is 18.6 Å². The van der Waals surface area contributed by atoms with Crippen molar-refractivity contribution < 1.29 is 19.7 Å². The number of ether oxygens (including phenoxy) is 1. The van der Waals surface area contributed by atoms with Crippen molar-refractivity contribution in [1.29, 1.82) is 0 Å². The Hall–Kier alpha value is -1.85. The fraction of sp³-hybridized carbons (Fsp3) is 0.438. The van der Waals surface area contributed by atoms with Crippen molar-refractivity contribution in [1.82, 2.24) is 5.32 Å². The van der Waals surface area contributed by atoms with Crippen LogP contribution in [0.1, 0.15) is 17.5 Å². The highest BCUT2D eigenvalue weighted by Crippen LogP contribution is 2.62. The van der Waals surface area contributed by atoms with Crippen molar-refractivity contribution in [3.63, 3.8) is 0 Å². The average Bonchev–Trinajstić information content (AvgIpc) is 2.80. The van der Waals surface area contributed by atoms with Crippen LogP contribution < -0.4 is 10.1 Å². The minimum absolute atomic E-state index is 0.0460. The Balaban J connectivity index is 1.93. The van der Waals surface area contributed by atoms with E-state index in [1.54, 1.807) is 12.1 Å². The van der Waals surface area contributed by atoms with E-state index in [4.69, 9.17) is 4.74 Å². The van der Waals surface area contributed by atoms with Crippen molar-refractivity contribution in [3.8, 4) is 11.5 Å². The fourth-order valence-corrected chi connectivity index (χ4v) is 4.83. The summed E-state index contributed by atoms with van der Waals surface area (Å²) >= 11 is 0.